The molecule has 66 valence electrons. The lowest BCUT2D eigenvalue weighted by Gasteiger charge is -2.13. The second kappa shape index (κ2) is 5.47. The van der Waals surface area contributed by atoms with Gasteiger partial charge in [-0.05, 0) is 5.92 Å². The first kappa shape index (κ1) is 10.8. The van der Waals surface area contributed by atoms with E-state index in [1.807, 2.05) is 0 Å². The average Bonchev–Trinajstić information content (AvgIpc) is 1.99. The van der Waals surface area contributed by atoms with Crippen molar-refractivity contribution >= 4 is 17.7 Å². The summed E-state index contributed by atoms with van der Waals surface area (Å²) >= 11 is 1.64. The van der Waals surface area contributed by atoms with Gasteiger partial charge in [0.1, 0.15) is 0 Å². The van der Waals surface area contributed by atoms with Gasteiger partial charge in [0.25, 0.3) is 0 Å². The summed E-state index contributed by atoms with van der Waals surface area (Å²) in [5.74, 6) is 0.947. The molecule has 0 rings (SSSR count). The Morgan fingerprint density at radius 1 is 1.45 bits per heavy atom. The molecule has 0 heterocycles. The predicted molar refractivity (Wildman–Crippen MR) is 48.8 cm³/mol. The summed E-state index contributed by atoms with van der Waals surface area (Å²) in [5, 5.41) is 0.522. The van der Waals surface area contributed by atoms with Crippen LogP contribution in [0.25, 0.3) is 0 Å². The number of hydrogen-bond donors (Lipinski definition) is 0. The molecular weight excluding hydrogens is 160 g/mol. The summed E-state index contributed by atoms with van der Waals surface area (Å²) < 4.78 is 4.52. The topological polar surface area (TPSA) is 26.3 Å². The summed E-state index contributed by atoms with van der Waals surface area (Å²) in [6.45, 7) is 6.42. The summed E-state index contributed by atoms with van der Waals surface area (Å²) in [6, 6.07) is 0. The maximum absolute atomic E-state index is 10.7. The summed E-state index contributed by atoms with van der Waals surface area (Å²) in [7, 11) is 1.42. The maximum atomic E-state index is 10.7. The maximum Gasteiger partial charge on any atom is 0.315 e. The molecule has 11 heavy (non-hydrogen) atoms. The molecule has 1 unspecified atom stereocenters. The van der Waals surface area contributed by atoms with Crippen molar-refractivity contribution < 1.29 is 9.53 Å². The molecule has 0 saturated heterocycles. The number of esters is 1. The first-order valence-corrected chi connectivity index (χ1v) is 4.81. The van der Waals surface area contributed by atoms with E-state index < -0.39 is 0 Å². The monoisotopic (exact) mass is 176 g/mol. The molecule has 0 aliphatic rings. The molecule has 0 aromatic carbocycles. The number of methoxy groups -OCH3 is 1. The van der Waals surface area contributed by atoms with E-state index in [2.05, 4.69) is 25.5 Å². The van der Waals surface area contributed by atoms with Crippen LogP contribution in [0.1, 0.15) is 20.8 Å². The van der Waals surface area contributed by atoms with Crippen LogP contribution in [0.5, 0.6) is 0 Å². The van der Waals surface area contributed by atoms with Crippen LogP contribution in [0.2, 0.25) is 0 Å². The number of rotatable bonds is 4. The predicted octanol–water partition coefficient (Wildman–Crippen LogP) is 1.94. The van der Waals surface area contributed by atoms with Crippen molar-refractivity contribution in [2.75, 3.05) is 12.9 Å². The van der Waals surface area contributed by atoms with Crippen molar-refractivity contribution in [3.63, 3.8) is 0 Å². The lowest BCUT2D eigenvalue weighted by molar-refractivity contribution is -0.137. The van der Waals surface area contributed by atoms with Crippen molar-refractivity contribution in [1.82, 2.24) is 0 Å². The molecular formula is C8H16O2S. The van der Waals surface area contributed by atoms with Crippen LogP contribution in [0.4, 0.5) is 0 Å². The normalized spacial score (nSPS) is 13.2. The molecule has 0 aromatic heterocycles. The number of carbonyl (C=O) groups excluding carboxylic acids is 1. The van der Waals surface area contributed by atoms with Crippen molar-refractivity contribution in [2.45, 2.75) is 26.0 Å². The number of ether oxygens (including phenoxy) is 1. The average molecular weight is 176 g/mol. The standard InChI is InChI=1S/C8H16O2S/c1-6(2)7(3)11-5-8(9)10-4/h6-7H,5H2,1-4H3. The van der Waals surface area contributed by atoms with Crippen LogP contribution < -0.4 is 0 Å². The Morgan fingerprint density at radius 3 is 2.36 bits per heavy atom. The van der Waals surface area contributed by atoms with Gasteiger partial charge in [-0.25, -0.2) is 0 Å². The summed E-state index contributed by atoms with van der Waals surface area (Å²) in [6.07, 6.45) is 0. The fraction of sp³-hybridized carbons (Fsp3) is 0.875. The van der Waals surface area contributed by atoms with Crippen molar-refractivity contribution in [3.8, 4) is 0 Å². The number of hydrogen-bond acceptors (Lipinski definition) is 3. The van der Waals surface area contributed by atoms with Crippen LogP contribution in [0.3, 0.4) is 0 Å². The van der Waals surface area contributed by atoms with Gasteiger partial charge in [0.2, 0.25) is 0 Å². The molecule has 1 atom stereocenters. The minimum absolute atomic E-state index is 0.137. The summed E-state index contributed by atoms with van der Waals surface area (Å²) in [4.78, 5) is 10.7. The van der Waals surface area contributed by atoms with Gasteiger partial charge in [0, 0.05) is 5.25 Å². The van der Waals surface area contributed by atoms with Crippen LogP contribution in [0.15, 0.2) is 0 Å². The molecule has 0 radical (unpaired) electrons. The molecule has 0 aromatic rings. The zero-order chi connectivity index (χ0) is 8.85. The Hall–Kier alpha value is -0.180. The molecule has 0 spiro atoms. The van der Waals surface area contributed by atoms with Gasteiger partial charge in [0.05, 0.1) is 12.9 Å². The van der Waals surface area contributed by atoms with Gasteiger partial charge in [-0.2, -0.15) is 0 Å². The highest BCUT2D eigenvalue weighted by molar-refractivity contribution is 8.00. The molecule has 0 fully saturated rings. The van der Waals surface area contributed by atoms with Crippen molar-refractivity contribution in [2.24, 2.45) is 5.92 Å². The van der Waals surface area contributed by atoms with Gasteiger partial charge in [-0.1, -0.05) is 20.8 Å². The van der Waals surface area contributed by atoms with Gasteiger partial charge >= 0.3 is 5.97 Å². The fourth-order valence-electron chi connectivity index (χ4n) is 0.451. The molecule has 0 aliphatic heterocycles. The Morgan fingerprint density at radius 2 is 2.00 bits per heavy atom. The van der Waals surface area contributed by atoms with Crippen LogP contribution in [-0.4, -0.2) is 24.1 Å². The summed E-state index contributed by atoms with van der Waals surface area (Å²) in [5.41, 5.74) is 0. The minimum Gasteiger partial charge on any atom is -0.468 e. The molecule has 0 aliphatic carbocycles. The largest absolute Gasteiger partial charge is 0.468 e. The Kier molecular flexibility index (Phi) is 5.38. The van der Waals surface area contributed by atoms with Crippen molar-refractivity contribution in [3.05, 3.63) is 0 Å². The number of thioether (sulfide) groups is 1. The van der Waals surface area contributed by atoms with E-state index in [1.54, 1.807) is 11.8 Å². The SMILES string of the molecule is COC(=O)CSC(C)C(C)C. The van der Waals surface area contributed by atoms with Crippen LogP contribution in [-0.2, 0) is 9.53 Å². The quantitative estimate of drug-likeness (QED) is 0.612. The fourth-order valence-corrected chi connectivity index (χ4v) is 1.35. The second-order valence-electron chi connectivity index (χ2n) is 2.84. The van der Waals surface area contributed by atoms with Crippen LogP contribution in [0, 0.1) is 5.92 Å². The minimum atomic E-state index is -0.137. The molecule has 3 heteroatoms. The van der Waals surface area contributed by atoms with E-state index >= 15 is 0 Å². The third-order valence-corrected chi connectivity index (χ3v) is 3.10. The molecule has 0 amide bonds. The van der Waals surface area contributed by atoms with Gasteiger partial charge in [0.15, 0.2) is 0 Å². The lowest BCUT2D eigenvalue weighted by Crippen LogP contribution is -2.11. The first-order valence-electron chi connectivity index (χ1n) is 3.76. The zero-order valence-electron chi connectivity index (χ0n) is 7.59. The third-order valence-electron chi connectivity index (χ3n) is 1.63. The highest BCUT2D eigenvalue weighted by Crippen LogP contribution is 2.18. The Labute approximate surface area is 72.7 Å². The molecule has 0 bridgehead atoms. The molecule has 0 N–H and O–H groups in total. The highest BCUT2D eigenvalue weighted by atomic mass is 32.2. The van der Waals surface area contributed by atoms with Crippen molar-refractivity contribution in [1.29, 1.82) is 0 Å². The lowest BCUT2D eigenvalue weighted by atomic mass is 10.2. The Balaban J connectivity index is 3.45. The molecule has 0 saturated carbocycles. The van der Waals surface area contributed by atoms with Gasteiger partial charge in [-0.3, -0.25) is 4.79 Å². The van der Waals surface area contributed by atoms with Crippen LogP contribution >= 0.6 is 11.8 Å². The first-order chi connectivity index (χ1) is 5.07. The van der Waals surface area contributed by atoms with E-state index in [-0.39, 0.29) is 5.97 Å². The van der Waals surface area contributed by atoms with Gasteiger partial charge in [-0.15, -0.1) is 11.8 Å². The van der Waals surface area contributed by atoms with E-state index in [1.165, 1.54) is 7.11 Å². The van der Waals surface area contributed by atoms with E-state index in [0.717, 1.165) is 0 Å². The second-order valence-corrected chi connectivity index (χ2v) is 4.20. The smallest absolute Gasteiger partial charge is 0.315 e. The zero-order valence-corrected chi connectivity index (χ0v) is 8.40. The number of carbonyl (C=O) groups is 1. The Bertz CT molecular complexity index is 123. The van der Waals surface area contributed by atoms with E-state index in [0.29, 0.717) is 16.9 Å². The molecule has 2 nitrogen and oxygen atoms in total. The van der Waals surface area contributed by atoms with Gasteiger partial charge < -0.3 is 4.74 Å². The van der Waals surface area contributed by atoms with E-state index in [9.17, 15) is 4.79 Å². The highest BCUT2D eigenvalue weighted by Gasteiger charge is 2.09. The van der Waals surface area contributed by atoms with E-state index in [4.69, 9.17) is 0 Å². The third kappa shape index (κ3) is 5.13.